The van der Waals surface area contributed by atoms with Crippen LogP contribution in [0.15, 0.2) is 24.3 Å². The average molecular weight is 261 g/mol. The number of ketones is 1. The molecule has 0 saturated heterocycles. The van der Waals surface area contributed by atoms with Gasteiger partial charge in [0.15, 0.2) is 0 Å². The number of hydrogen-bond donors (Lipinski definition) is 1. The Morgan fingerprint density at radius 1 is 1.05 bits per heavy atom. The van der Waals surface area contributed by atoms with Crippen LogP contribution >= 0.6 is 0 Å². The molecule has 106 valence electrons. The molecule has 0 amide bonds. The molecular formula is C17H27NO. The summed E-state index contributed by atoms with van der Waals surface area (Å²) in [7, 11) is 0. The van der Waals surface area contributed by atoms with E-state index < -0.39 is 0 Å². The van der Waals surface area contributed by atoms with Gasteiger partial charge in [-0.15, -0.1) is 0 Å². The summed E-state index contributed by atoms with van der Waals surface area (Å²) in [5.41, 5.74) is 8.18. The van der Waals surface area contributed by atoms with Crippen molar-refractivity contribution in [2.24, 2.45) is 5.73 Å². The van der Waals surface area contributed by atoms with Crippen LogP contribution in [-0.2, 0) is 16.6 Å². The Morgan fingerprint density at radius 2 is 1.58 bits per heavy atom. The summed E-state index contributed by atoms with van der Waals surface area (Å²) in [4.78, 5) is 11.9. The third-order valence-corrected chi connectivity index (χ3v) is 3.27. The molecule has 2 N–H and O–H groups in total. The summed E-state index contributed by atoms with van der Waals surface area (Å²) >= 11 is 0. The molecule has 0 aliphatic heterocycles. The van der Waals surface area contributed by atoms with E-state index in [9.17, 15) is 4.79 Å². The first kappa shape index (κ1) is 15.9. The Labute approximate surface area is 117 Å². The van der Waals surface area contributed by atoms with Crippen LogP contribution in [0.25, 0.3) is 0 Å². The van der Waals surface area contributed by atoms with Crippen molar-refractivity contribution in [3.63, 3.8) is 0 Å². The number of rotatable bonds is 5. The van der Waals surface area contributed by atoms with E-state index in [1.807, 2.05) is 13.8 Å². The molecule has 2 nitrogen and oxygen atoms in total. The van der Waals surface area contributed by atoms with Gasteiger partial charge in [0.25, 0.3) is 0 Å². The highest BCUT2D eigenvalue weighted by molar-refractivity contribution is 5.80. The fourth-order valence-corrected chi connectivity index (χ4v) is 1.90. The number of carbonyl (C=O) groups excluding carboxylic acids is 1. The van der Waals surface area contributed by atoms with Crippen LogP contribution in [0.4, 0.5) is 0 Å². The molecule has 1 rings (SSSR count). The van der Waals surface area contributed by atoms with Crippen LogP contribution in [0, 0.1) is 0 Å². The first-order chi connectivity index (χ1) is 8.58. The number of carbonyl (C=O) groups is 1. The molecule has 0 aromatic heterocycles. The van der Waals surface area contributed by atoms with Gasteiger partial charge in [-0.3, -0.25) is 4.79 Å². The average Bonchev–Trinajstić information content (AvgIpc) is 2.25. The molecule has 0 atom stereocenters. The van der Waals surface area contributed by atoms with Gasteiger partial charge >= 0.3 is 0 Å². The van der Waals surface area contributed by atoms with Crippen LogP contribution in [-0.4, -0.2) is 11.3 Å². The Kier molecular flexibility index (Phi) is 4.92. The minimum Gasteiger partial charge on any atom is -0.326 e. The Morgan fingerprint density at radius 3 is 2.00 bits per heavy atom. The van der Waals surface area contributed by atoms with Gasteiger partial charge in [-0.05, 0) is 36.8 Å². The molecule has 2 heteroatoms. The molecular weight excluding hydrogens is 234 g/mol. The summed E-state index contributed by atoms with van der Waals surface area (Å²) in [6.45, 7) is 10.5. The van der Waals surface area contributed by atoms with Crippen molar-refractivity contribution in [1.82, 2.24) is 0 Å². The molecule has 0 fully saturated rings. The maximum absolute atomic E-state index is 11.9. The van der Waals surface area contributed by atoms with Crippen molar-refractivity contribution in [1.29, 1.82) is 0 Å². The third kappa shape index (κ3) is 6.02. The topological polar surface area (TPSA) is 43.1 Å². The highest BCUT2D eigenvalue weighted by atomic mass is 16.1. The van der Waals surface area contributed by atoms with Gasteiger partial charge in [-0.2, -0.15) is 0 Å². The molecule has 0 radical (unpaired) electrons. The summed E-state index contributed by atoms with van der Waals surface area (Å²) in [5, 5.41) is 0. The van der Waals surface area contributed by atoms with Crippen molar-refractivity contribution in [3.05, 3.63) is 35.4 Å². The van der Waals surface area contributed by atoms with Gasteiger partial charge < -0.3 is 5.73 Å². The lowest BCUT2D eigenvalue weighted by Gasteiger charge is -2.19. The molecule has 1 aromatic carbocycles. The van der Waals surface area contributed by atoms with E-state index in [0.717, 1.165) is 12.0 Å². The molecule has 0 aliphatic rings. The van der Waals surface area contributed by atoms with E-state index in [1.54, 1.807) is 0 Å². The fraction of sp³-hybridized carbons (Fsp3) is 0.588. The smallest absolute Gasteiger partial charge is 0.137 e. The zero-order valence-corrected chi connectivity index (χ0v) is 12.9. The highest BCUT2D eigenvalue weighted by Gasteiger charge is 2.15. The second-order valence-electron chi connectivity index (χ2n) is 7.15. The first-order valence-corrected chi connectivity index (χ1v) is 6.98. The molecule has 0 heterocycles. The van der Waals surface area contributed by atoms with E-state index in [-0.39, 0.29) is 16.7 Å². The van der Waals surface area contributed by atoms with E-state index in [4.69, 9.17) is 5.73 Å². The summed E-state index contributed by atoms with van der Waals surface area (Å²) in [6, 6.07) is 8.36. The Balaban J connectivity index is 2.56. The minimum atomic E-state index is -0.258. The zero-order chi connectivity index (χ0) is 14.7. The van der Waals surface area contributed by atoms with E-state index in [1.165, 1.54) is 5.56 Å². The van der Waals surface area contributed by atoms with Gasteiger partial charge in [0, 0.05) is 18.4 Å². The van der Waals surface area contributed by atoms with Gasteiger partial charge in [0.2, 0.25) is 0 Å². The van der Waals surface area contributed by atoms with Crippen molar-refractivity contribution < 1.29 is 4.79 Å². The van der Waals surface area contributed by atoms with Crippen LogP contribution in [0.5, 0.6) is 0 Å². The van der Waals surface area contributed by atoms with E-state index >= 15 is 0 Å². The number of nitrogens with two attached hydrogens (primary N) is 1. The van der Waals surface area contributed by atoms with Gasteiger partial charge in [-0.25, -0.2) is 0 Å². The molecule has 0 unspecified atom stereocenters. The summed E-state index contributed by atoms with van der Waals surface area (Å²) < 4.78 is 0. The maximum atomic E-state index is 11.9. The predicted octanol–water partition coefficient (Wildman–Crippen LogP) is 3.61. The van der Waals surface area contributed by atoms with Crippen molar-refractivity contribution in [2.45, 2.75) is 64.8 Å². The standard InChI is InChI=1S/C17H27NO/c1-16(2,3)14-8-6-13(7-9-14)12-15(19)10-11-17(4,5)18/h6-9H,10-12,18H2,1-5H3. The van der Waals surface area contributed by atoms with Crippen LogP contribution < -0.4 is 5.73 Å². The van der Waals surface area contributed by atoms with Crippen LogP contribution in [0.3, 0.4) is 0 Å². The Bertz CT molecular complexity index is 418. The Hall–Kier alpha value is -1.15. The van der Waals surface area contributed by atoms with Crippen molar-refractivity contribution in [3.8, 4) is 0 Å². The zero-order valence-electron chi connectivity index (χ0n) is 12.9. The first-order valence-electron chi connectivity index (χ1n) is 6.98. The maximum Gasteiger partial charge on any atom is 0.137 e. The molecule has 0 bridgehead atoms. The van der Waals surface area contributed by atoms with Gasteiger partial charge in [0.05, 0.1) is 0 Å². The molecule has 0 saturated carbocycles. The lowest BCUT2D eigenvalue weighted by molar-refractivity contribution is -0.118. The fourth-order valence-electron chi connectivity index (χ4n) is 1.90. The minimum absolute atomic E-state index is 0.159. The van der Waals surface area contributed by atoms with E-state index in [0.29, 0.717) is 12.8 Å². The SMILES string of the molecule is CC(C)(N)CCC(=O)Cc1ccc(C(C)(C)C)cc1. The number of benzene rings is 1. The van der Waals surface area contributed by atoms with E-state index in [2.05, 4.69) is 45.0 Å². The molecule has 0 aliphatic carbocycles. The number of hydrogen-bond acceptors (Lipinski definition) is 2. The lowest BCUT2D eigenvalue weighted by atomic mass is 9.86. The lowest BCUT2D eigenvalue weighted by Crippen LogP contribution is -2.32. The van der Waals surface area contributed by atoms with Gasteiger partial charge in [-0.1, -0.05) is 45.0 Å². The quantitative estimate of drug-likeness (QED) is 0.879. The molecule has 0 spiro atoms. The van der Waals surface area contributed by atoms with Gasteiger partial charge in [0.1, 0.15) is 5.78 Å². The van der Waals surface area contributed by atoms with Crippen LogP contribution in [0.1, 0.15) is 58.6 Å². The third-order valence-electron chi connectivity index (χ3n) is 3.27. The second-order valence-corrected chi connectivity index (χ2v) is 7.15. The number of Topliss-reactive ketones (excluding diaryl/α,β-unsaturated/α-hetero) is 1. The summed E-state index contributed by atoms with van der Waals surface area (Å²) in [6.07, 6.45) is 1.82. The predicted molar refractivity (Wildman–Crippen MR) is 81.4 cm³/mol. The van der Waals surface area contributed by atoms with Crippen molar-refractivity contribution >= 4 is 5.78 Å². The monoisotopic (exact) mass is 261 g/mol. The molecule has 19 heavy (non-hydrogen) atoms. The normalized spacial score (nSPS) is 12.5. The van der Waals surface area contributed by atoms with Crippen LogP contribution in [0.2, 0.25) is 0 Å². The second kappa shape index (κ2) is 5.87. The largest absolute Gasteiger partial charge is 0.326 e. The molecule has 1 aromatic rings. The highest BCUT2D eigenvalue weighted by Crippen LogP contribution is 2.22. The van der Waals surface area contributed by atoms with Crippen molar-refractivity contribution in [2.75, 3.05) is 0 Å². The summed E-state index contributed by atoms with van der Waals surface area (Å²) in [5.74, 6) is 0.266.